The fourth-order valence-corrected chi connectivity index (χ4v) is 3.32. The first-order valence-corrected chi connectivity index (χ1v) is 8.04. The van der Waals surface area contributed by atoms with Gasteiger partial charge in [-0.2, -0.15) is 0 Å². The minimum absolute atomic E-state index is 0.0338. The fraction of sp³-hybridized carbons (Fsp3) is 0.471. The molecule has 1 saturated heterocycles. The van der Waals surface area contributed by atoms with Gasteiger partial charge in [-0.3, -0.25) is 4.79 Å². The third kappa shape index (κ3) is 2.61. The summed E-state index contributed by atoms with van der Waals surface area (Å²) in [4.78, 5) is 14.4. The number of para-hydroxylation sites is 1. The molecular formula is C17H20ClNO3. The van der Waals surface area contributed by atoms with Crippen molar-refractivity contribution in [3.63, 3.8) is 0 Å². The van der Waals surface area contributed by atoms with Crippen LogP contribution in [0.3, 0.4) is 0 Å². The Hall–Kier alpha value is -1.52. The van der Waals surface area contributed by atoms with Crippen molar-refractivity contribution < 1.29 is 14.3 Å². The molecule has 1 aromatic carbocycles. The van der Waals surface area contributed by atoms with Crippen LogP contribution in [0.5, 0.6) is 0 Å². The number of likely N-dealkylation sites (tertiary alicyclic amines) is 1. The minimum Gasteiger partial charge on any atom is -0.449 e. The summed E-state index contributed by atoms with van der Waals surface area (Å²) in [6.07, 6.45) is 2.59. The van der Waals surface area contributed by atoms with E-state index in [4.69, 9.17) is 16.0 Å². The number of hydrogen-bond acceptors (Lipinski definition) is 3. The van der Waals surface area contributed by atoms with Gasteiger partial charge in [-0.25, -0.2) is 0 Å². The number of halogens is 1. The molecule has 22 heavy (non-hydrogen) atoms. The lowest BCUT2D eigenvalue weighted by Gasteiger charge is -2.39. The van der Waals surface area contributed by atoms with Crippen molar-refractivity contribution in [2.75, 3.05) is 19.7 Å². The first-order valence-electron chi connectivity index (χ1n) is 7.67. The number of amides is 1. The Labute approximate surface area is 134 Å². The maximum Gasteiger partial charge on any atom is 0.289 e. The molecule has 2 heterocycles. The predicted octanol–water partition coefficient (Wildman–Crippen LogP) is 3.71. The Bertz CT molecular complexity index is 680. The summed E-state index contributed by atoms with van der Waals surface area (Å²) in [5.41, 5.74) is 0.524. The van der Waals surface area contributed by atoms with Crippen LogP contribution in [0, 0.1) is 5.41 Å². The molecule has 0 unspecified atom stereocenters. The molecule has 4 nitrogen and oxygen atoms in total. The van der Waals surface area contributed by atoms with Crippen molar-refractivity contribution in [3.8, 4) is 0 Å². The molecule has 118 valence electrons. The number of carbonyl (C=O) groups is 1. The highest BCUT2D eigenvalue weighted by Gasteiger charge is 2.34. The topological polar surface area (TPSA) is 53.7 Å². The van der Waals surface area contributed by atoms with E-state index < -0.39 is 0 Å². The zero-order valence-electron chi connectivity index (χ0n) is 12.6. The van der Waals surface area contributed by atoms with Crippen molar-refractivity contribution in [3.05, 3.63) is 35.0 Å². The third-order valence-electron chi connectivity index (χ3n) is 4.90. The molecule has 0 spiro atoms. The van der Waals surface area contributed by atoms with E-state index in [9.17, 15) is 9.90 Å². The number of piperidine rings is 1. The quantitative estimate of drug-likeness (QED) is 0.937. The number of hydrogen-bond donors (Lipinski definition) is 1. The molecule has 1 fully saturated rings. The average molecular weight is 322 g/mol. The Morgan fingerprint density at radius 3 is 2.73 bits per heavy atom. The second-order valence-corrected chi connectivity index (χ2v) is 6.48. The molecule has 1 amide bonds. The maximum atomic E-state index is 12.6. The summed E-state index contributed by atoms with van der Waals surface area (Å²) in [5, 5.41) is 10.9. The van der Waals surface area contributed by atoms with Crippen LogP contribution in [-0.4, -0.2) is 35.6 Å². The molecular weight excluding hydrogens is 302 g/mol. The Kier molecular flexibility index (Phi) is 4.15. The van der Waals surface area contributed by atoms with Gasteiger partial charge >= 0.3 is 0 Å². The first kappa shape index (κ1) is 15.4. The third-order valence-corrected chi connectivity index (χ3v) is 5.20. The van der Waals surface area contributed by atoms with Gasteiger partial charge in [0.2, 0.25) is 0 Å². The number of benzene rings is 1. The van der Waals surface area contributed by atoms with Crippen molar-refractivity contribution in [2.45, 2.75) is 26.2 Å². The van der Waals surface area contributed by atoms with Gasteiger partial charge in [0, 0.05) is 25.1 Å². The van der Waals surface area contributed by atoms with Crippen molar-refractivity contribution >= 4 is 28.5 Å². The van der Waals surface area contributed by atoms with Gasteiger partial charge in [-0.05, 0) is 36.8 Å². The van der Waals surface area contributed by atoms with E-state index in [1.807, 2.05) is 12.1 Å². The van der Waals surface area contributed by atoms with Crippen LogP contribution in [0.1, 0.15) is 36.7 Å². The second kappa shape index (κ2) is 5.94. The van der Waals surface area contributed by atoms with E-state index in [-0.39, 0.29) is 17.9 Å². The van der Waals surface area contributed by atoms with E-state index in [0.29, 0.717) is 29.5 Å². The summed E-state index contributed by atoms with van der Waals surface area (Å²) >= 11 is 6.09. The molecule has 0 aliphatic carbocycles. The molecule has 1 aromatic heterocycles. The van der Waals surface area contributed by atoms with Gasteiger partial charge in [0.15, 0.2) is 11.3 Å². The molecule has 0 radical (unpaired) electrons. The molecule has 1 aliphatic heterocycles. The van der Waals surface area contributed by atoms with Gasteiger partial charge in [0.05, 0.1) is 5.02 Å². The van der Waals surface area contributed by atoms with Crippen LogP contribution in [0.15, 0.2) is 28.7 Å². The second-order valence-electron chi connectivity index (χ2n) is 6.07. The van der Waals surface area contributed by atoms with Gasteiger partial charge in [-0.1, -0.05) is 30.7 Å². The van der Waals surface area contributed by atoms with Crippen molar-refractivity contribution in [1.29, 1.82) is 0 Å². The number of aliphatic hydroxyl groups is 1. The molecule has 3 rings (SSSR count). The van der Waals surface area contributed by atoms with Crippen molar-refractivity contribution in [1.82, 2.24) is 4.90 Å². The van der Waals surface area contributed by atoms with Gasteiger partial charge in [-0.15, -0.1) is 0 Å². The minimum atomic E-state index is -0.102. The van der Waals surface area contributed by atoms with Crippen LogP contribution in [0.25, 0.3) is 11.0 Å². The lowest BCUT2D eigenvalue weighted by molar-refractivity contribution is 0.0321. The summed E-state index contributed by atoms with van der Waals surface area (Å²) < 4.78 is 5.65. The highest BCUT2D eigenvalue weighted by Crippen LogP contribution is 2.35. The lowest BCUT2D eigenvalue weighted by atomic mass is 9.77. The van der Waals surface area contributed by atoms with Gasteiger partial charge in [0.1, 0.15) is 0 Å². The van der Waals surface area contributed by atoms with Crippen LogP contribution in [-0.2, 0) is 0 Å². The molecule has 1 aliphatic rings. The SMILES string of the molecule is CCC1(CO)CCN(C(=O)c2cc3cccc(Cl)c3o2)CC1. The highest BCUT2D eigenvalue weighted by molar-refractivity contribution is 6.34. The van der Waals surface area contributed by atoms with E-state index in [1.165, 1.54) is 0 Å². The summed E-state index contributed by atoms with van der Waals surface area (Å²) in [7, 11) is 0. The van der Waals surface area contributed by atoms with Crippen LogP contribution in [0.4, 0.5) is 0 Å². The van der Waals surface area contributed by atoms with Crippen LogP contribution >= 0.6 is 11.6 Å². The molecule has 0 bridgehead atoms. The van der Waals surface area contributed by atoms with E-state index in [0.717, 1.165) is 24.6 Å². The summed E-state index contributed by atoms with van der Waals surface area (Å²) in [6.45, 7) is 3.58. The molecule has 0 atom stereocenters. The molecule has 2 aromatic rings. The van der Waals surface area contributed by atoms with E-state index >= 15 is 0 Å². The van der Waals surface area contributed by atoms with Gasteiger partial charge in [0.25, 0.3) is 5.91 Å². The first-order chi connectivity index (χ1) is 10.6. The number of rotatable bonds is 3. The number of furan rings is 1. The molecule has 0 saturated carbocycles. The number of aliphatic hydroxyl groups excluding tert-OH is 1. The monoisotopic (exact) mass is 321 g/mol. The Morgan fingerprint density at radius 2 is 2.14 bits per heavy atom. The molecule has 5 heteroatoms. The van der Waals surface area contributed by atoms with E-state index in [1.54, 1.807) is 17.0 Å². The summed E-state index contributed by atoms with van der Waals surface area (Å²) in [6, 6.07) is 7.22. The zero-order chi connectivity index (χ0) is 15.7. The Balaban J connectivity index is 1.78. The number of nitrogens with zero attached hydrogens (tertiary/aromatic N) is 1. The Morgan fingerprint density at radius 1 is 1.41 bits per heavy atom. The maximum absolute atomic E-state index is 12.6. The van der Waals surface area contributed by atoms with Crippen molar-refractivity contribution in [2.24, 2.45) is 5.41 Å². The lowest BCUT2D eigenvalue weighted by Crippen LogP contribution is -2.44. The molecule has 1 N–H and O–H groups in total. The predicted molar refractivity (Wildman–Crippen MR) is 86.2 cm³/mol. The highest BCUT2D eigenvalue weighted by atomic mass is 35.5. The number of carbonyl (C=O) groups excluding carboxylic acids is 1. The van der Waals surface area contributed by atoms with Crippen LogP contribution < -0.4 is 0 Å². The fourth-order valence-electron chi connectivity index (χ4n) is 3.10. The van der Waals surface area contributed by atoms with Crippen LogP contribution in [0.2, 0.25) is 5.02 Å². The summed E-state index contributed by atoms with van der Waals surface area (Å²) in [5.74, 6) is 0.228. The van der Waals surface area contributed by atoms with Gasteiger partial charge < -0.3 is 14.4 Å². The largest absolute Gasteiger partial charge is 0.449 e. The average Bonchev–Trinajstić information content (AvgIpc) is 3.00. The zero-order valence-corrected chi connectivity index (χ0v) is 13.4. The normalized spacial score (nSPS) is 17.9. The van der Waals surface area contributed by atoms with E-state index in [2.05, 4.69) is 6.92 Å². The smallest absolute Gasteiger partial charge is 0.289 e. The standard InChI is InChI=1S/C17H20ClNO3/c1-2-17(11-20)6-8-19(9-7-17)16(21)14-10-12-4-3-5-13(18)15(12)22-14/h3-5,10,20H,2,6-9,11H2,1H3. The number of fused-ring (bicyclic) bond motifs is 1.